The lowest BCUT2D eigenvalue weighted by atomic mass is 9.91. The predicted octanol–water partition coefficient (Wildman–Crippen LogP) is 6.55. The number of hydrogen-bond donors (Lipinski definition) is 0. The molecule has 0 bridgehead atoms. The number of hydrogen-bond acceptors (Lipinski definition) is 7. The maximum atomic E-state index is 14.5. The molecule has 1 aromatic heterocycles. The number of fused-ring (bicyclic) bond motifs is 6. The maximum absolute atomic E-state index is 14.5. The number of allylic oxidation sites excluding steroid dienone is 1. The fourth-order valence-corrected chi connectivity index (χ4v) is 6.46. The van der Waals surface area contributed by atoms with Crippen LogP contribution in [0.4, 0.5) is 0 Å². The smallest absolute Gasteiger partial charge is 0.211 e. The standard InChI is InChI=1S/C35H36N2O6/c1-19-31(26-16-21(39-4)10-12-27(26)37(19)3)33(38)28-17-25-22(13-14-36(28)2)23-11-9-20-15-29(40-5)30(41-6)18-24(20)32(23)35(43-8)34(25)42-7/h9-12,15-18H,13-14H2,1-8H3. The van der Waals surface area contributed by atoms with Crippen LogP contribution in [0.3, 0.4) is 0 Å². The maximum Gasteiger partial charge on any atom is 0.211 e. The van der Waals surface area contributed by atoms with Gasteiger partial charge in [0.15, 0.2) is 23.0 Å². The highest BCUT2D eigenvalue weighted by Gasteiger charge is 2.30. The Morgan fingerprint density at radius 2 is 1.49 bits per heavy atom. The van der Waals surface area contributed by atoms with Crippen molar-refractivity contribution in [3.63, 3.8) is 0 Å². The number of carbonyl (C=O) groups excluding carboxylic acids is 1. The van der Waals surface area contributed by atoms with E-state index in [1.54, 1.807) is 35.5 Å². The molecule has 8 heteroatoms. The zero-order valence-corrected chi connectivity index (χ0v) is 25.9. The van der Waals surface area contributed by atoms with Crippen LogP contribution >= 0.6 is 0 Å². The number of Topliss-reactive ketones (excluding diaryl/α,β-unsaturated/α-hetero) is 1. The van der Waals surface area contributed by atoms with Gasteiger partial charge in [-0.15, -0.1) is 0 Å². The summed E-state index contributed by atoms with van der Waals surface area (Å²) in [7, 11) is 12.1. The van der Waals surface area contributed by atoms with Gasteiger partial charge in [-0.1, -0.05) is 12.1 Å². The van der Waals surface area contributed by atoms with Crippen LogP contribution in [0.25, 0.3) is 38.5 Å². The molecule has 0 spiro atoms. The molecule has 0 unspecified atom stereocenters. The third kappa shape index (κ3) is 4.23. The van der Waals surface area contributed by atoms with Crippen LogP contribution in [0.5, 0.6) is 28.7 Å². The summed E-state index contributed by atoms with van der Waals surface area (Å²) in [6.45, 7) is 2.63. The number of benzene rings is 4. The first kappa shape index (κ1) is 28.3. The number of methoxy groups -OCH3 is 5. The van der Waals surface area contributed by atoms with Gasteiger partial charge in [0.25, 0.3) is 0 Å². The van der Waals surface area contributed by atoms with E-state index < -0.39 is 0 Å². The third-order valence-electron chi connectivity index (χ3n) is 8.81. The van der Waals surface area contributed by atoms with Crippen molar-refractivity contribution >= 4 is 44.3 Å². The molecule has 0 atom stereocenters. The monoisotopic (exact) mass is 580 g/mol. The Bertz CT molecular complexity index is 1970. The Labute approximate surface area is 250 Å². The van der Waals surface area contributed by atoms with Crippen LogP contribution in [0.1, 0.15) is 27.2 Å². The van der Waals surface area contributed by atoms with E-state index in [1.807, 2.05) is 62.3 Å². The van der Waals surface area contributed by atoms with Gasteiger partial charge >= 0.3 is 0 Å². The molecule has 0 saturated heterocycles. The molecule has 5 aromatic rings. The molecule has 0 saturated carbocycles. The molecule has 1 aliphatic heterocycles. The van der Waals surface area contributed by atoms with Crippen LogP contribution in [-0.2, 0) is 13.5 Å². The summed E-state index contributed by atoms with van der Waals surface area (Å²) in [5, 5.41) is 4.79. The van der Waals surface area contributed by atoms with E-state index in [-0.39, 0.29) is 5.78 Å². The van der Waals surface area contributed by atoms with Gasteiger partial charge in [-0.2, -0.15) is 0 Å². The summed E-state index contributed by atoms with van der Waals surface area (Å²) >= 11 is 0. The first-order valence-corrected chi connectivity index (χ1v) is 14.1. The molecule has 0 fully saturated rings. The lowest BCUT2D eigenvalue weighted by Crippen LogP contribution is -2.25. The quantitative estimate of drug-likeness (QED) is 0.160. The highest BCUT2D eigenvalue weighted by molar-refractivity contribution is 6.20. The minimum Gasteiger partial charge on any atom is -0.497 e. The second kappa shape index (κ2) is 10.8. The van der Waals surface area contributed by atoms with Crippen molar-refractivity contribution in [3.05, 3.63) is 70.5 Å². The number of aromatic nitrogens is 1. The lowest BCUT2D eigenvalue weighted by molar-refractivity contribution is 0.100. The summed E-state index contributed by atoms with van der Waals surface area (Å²) in [6.07, 6.45) is 2.67. The van der Waals surface area contributed by atoms with Gasteiger partial charge in [0, 0.05) is 48.2 Å². The normalized spacial score (nSPS) is 13.1. The fourth-order valence-electron chi connectivity index (χ4n) is 6.46. The van der Waals surface area contributed by atoms with E-state index in [0.29, 0.717) is 53.0 Å². The highest BCUT2D eigenvalue weighted by Crippen LogP contribution is 2.48. The topological polar surface area (TPSA) is 71.4 Å². The molecule has 4 aromatic carbocycles. The molecule has 43 heavy (non-hydrogen) atoms. The molecular formula is C35H36N2O6. The Kier molecular flexibility index (Phi) is 7.08. The first-order valence-electron chi connectivity index (χ1n) is 14.1. The molecule has 0 radical (unpaired) electrons. The van der Waals surface area contributed by atoms with E-state index in [9.17, 15) is 4.79 Å². The second-order valence-corrected chi connectivity index (χ2v) is 10.8. The SMILES string of the molecule is COc1ccc2c(c1)c(C(=O)C1=Cc3c(OC)c(OC)c4c(ccc5cc(OC)c(OC)cc54)c3CCN1C)c(C)n2C. The lowest BCUT2D eigenvalue weighted by Gasteiger charge is -2.20. The number of nitrogens with zero attached hydrogens (tertiary/aromatic N) is 2. The molecule has 8 nitrogen and oxygen atoms in total. The Morgan fingerprint density at radius 3 is 2.16 bits per heavy atom. The van der Waals surface area contributed by atoms with E-state index in [0.717, 1.165) is 49.3 Å². The minimum absolute atomic E-state index is 0.0526. The van der Waals surface area contributed by atoms with Gasteiger partial charge in [0.2, 0.25) is 5.78 Å². The number of likely N-dealkylation sites (N-methyl/N-ethyl adjacent to an activating group) is 1. The molecule has 0 aliphatic carbocycles. The van der Waals surface area contributed by atoms with Crippen molar-refractivity contribution in [1.82, 2.24) is 9.47 Å². The van der Waals surface area contributed by atoms with Crippen molar-refractivity contribution < 1.29 is 28.5 Å². The molecular weight excluding hydrogens is 544 g/mol. The van der Waals surface area contributed by atoms with Gasteiger partial charge < -0.3 is 33.2 Å². The van der Waals surface area contributed by atoms with Crippen molar-refractivity contribution in [2.45, 2.75) is 13.3 Å². The van der Waals surface area contributed by atoms with E-state index in [4.69, 9.17) is 23.7 Å². The van der Waals surface area contributed by atoms with Gasteiger partial charge in [0.05, 0.1) is 46.8 Å². The first-order chi connectivity index (χ1) is 20.8. The van der Waals surface area contributed by atoms with Crippen molar-refractivity contribution in [2.75, 3.05) is 49.1 Å². The molecule has 6 rings (SSSR count). The Hall–Kier alpha value is -4.85. The van der Waals surface area contributed by atoms with Gasteiger partial charge in [0.1, 0.15) is 5.75 Å². The molecule has 2 heterocycles. The van der Waals surface area contributed by atoms with Crippen molar-refractivity contribution in [3.8, 4) is 28.7 Å². The number of ketones is 1. The predicted molar refractivity (Wildman–Crippen MR) is 171 cm³/mol. The average Bonchev–Trinajstić information content (AvgIpc) is 3.15. The van der Waals surface area contributed by atoms with Crippen LogP contribution in [-0.4, -0.2) is 64.4 Å². The highest BCUT2D eigenvalue weighted by atomic mass is 16.5. The Balaban J connectivity index is 1.63. The molecule has 0 amide bonds. The van der Waals surface area contributed by atoms with E-state index >= 15 is 0 Å². The van der Waals surface area contributed by atoms with Gasteiger partial charge in [-0.25, -0.2) is 0 Å². The Morgan fingerprint density at radius 1 is 0.767 bits per heavy atom. The van der Waals surface area contributed by atoms with Crippen LogP contribution in [0.15, 0.2) is 48.2 Å². The fraction of sp³-hybridized carbons (Fsp3) is 0.286. The molecule has 1 aliphatic rings. The zero-order chi connectivity index (χ0) is 30.6. The number of ether oxygens (including phenoxy) is 5. The second-order valence-electron chi connectivity index (χ2n) is 10.8. The van der Waals surface area contributed by atoms with E-state index in [2.05, 4.69) is 16.7 Å². The largest absolute Gasteiger partial charge is 0.497 e. The van der Waals surface area contributed by atoms with Crippen LogP contribution < -0.4 is 23.7 Å². The minimum atomic E-state index is -0.0526. The summed E-state index contributed by atoms with van der Waals surface area (Å²) in [5.41, 5.74) is 5.06. The molecule has 0 N–H and O–H groups in total. The van der Waals surface area contributed by atoms with Gasteiger partial charge in [-0.05, 0) is 71.5 Å². The summed E-state index contributed by atoms with van der Waals surface area (Å²) in [4.78, 5) is 16.5. The third-order valence-corrected chi connectivity index (χ3v) is 8.81. The summed E-state index contributed by atoms with van der Waals surface area (Å²) in [5.74, 6) is 3.14. The average molecular weight is 581 g/mol. The van der Waals surface area contributed by atoms with Crippen molar-refractivity contribution in [2.24, 2.45) is 7.05 Å². The number of carbonyl (C=O) groups is 1. The van der Waals surface area contributed by atoms with Crippen LogP contribution in [0, 0.1) is 6.92 Å². The number of aryl methyl sites for hydroxylation is 1. The van der Waals surface area contributed by atoms with E-state index in [1.165, 1.54) is 0 Å². The molecule has 222 valence electrons. The summed E-state index contributed by atoms with van der Waals surface area (Å²) < 4.78 is 30.9. The zero-order valence-electron chi connectivity index (χ0n) is 25.9. The van der Waals surface area contributed by atoms with Crippen LogP contribution in [0.2, 0.25) is 0 Å². The van der Waals surface area contributed by atoms with Gasteiger partial charge in [-0.3, -0.25) is 4.79 Å². The number of rotatable bonds is 7. The van der Waals surface area contributed by atoms with Crippen molar-refractivity contribution in [1.29, 1.82) is 0 Å². The summed E-state index contributed by atoms with van der Waals surface area (Å²) in [6, 6.07) is 14.0.